The molecule has 2 aromatic heterocycles. The van der Waals surface area contributed by atoms with Crippen LogP contribution in [-0.4, -0.2) is 26.1 Å². The summed E-state index contributed by atoms with van der Waals surface area (Å²) in [5.74, 6) is -0.0617. The summed E-state index contributed by atoms with van der Waals surface area (Å²) >= 11 is 0. The van der Waals surface area contributed by atoms with Crippen molar-refractivity contribution in [3.63, 3.8) is 0 Å². The van der Waals surface area contributed by atoms with Crippen molar-refractivity contribution < 1.29 is 22.3 Å². The first kappa shape index (κ1) is 24.7. The first-order valence-corrected chi connectivity index (χ1v) is 12.2. The van der Waals surface area contributed by atoms with Gasteiger partial charge in [-0.2, -0.15) is 13.2 Å². The number of nitrogens with zero attached hydrogens (tertiary/aromatic N) is 4. The first-order chi connectivity index (χ1) is 18.8. The van der Waals surface area contributed by atoms with Crippen molar-refractivity contribution in [3.8, 4) is 11.7 Å². The van der Waals surface area contributed by atoms with Gasteiger partial charge in [0.15, 0.2) is 0 Å². The molecule has 3 heterocycles. The van der Waals surface area contributed by atoms with E-state index in [0.717, 1.165) is 12.1 Å². The molecule has 1 aliphatic rings. The highest BCUT2D eigenvalue weighted by Gasteiger charge is 2.31. The number of H-pyrrole nitrogens is 1. The van der Waals surface area contributed by atoms with E-state index in [0.29, 0.717) is 46.9 Å². The summed E-state index contributed by atoms with van der Waals surface area (Å²) in [6, 6.07) is 18.4. The minimum atomic E-state index is -4.47. The molecule has 7 nitrogen and oxygen atoms in total. The number of aromatic nitrogens is 4. The maximum absolute atomic E-state index is 14.2. The van der Waals surface area contributed by atoms with E-state index in [1.165, 1.54) is 16.7 Å². The molecule has 198 valence electrons. The zero-order valence-electron chi connectivity index (χ0n) is 20.4. The van der Waals surface area contributed by atoms with Gasteiger partial charge in [0.2, 0.25) is 5.95 Å². The normalized spacial score (nSPS) is 13.5. The van der Waals surface area contributed by atoms with Crippen LogP contribution in [0.4, 0.5) is 23.5 Å². The summed E-state index contributed by atoms with van der Waals surface area (Å²) in [5, 5.41) is 0. The van der Waals surface area contributed by atoms with Crippen LogP contribution in [0.25, 0.3) is 16.7 Å². The van der Waals surface area contributed by atoms with E-state index < -0.39 is 17.6 Å². The van der Waals surface area contributed by atoms with Gasteiger partial charge in [0.1, 0.15) is 12.4 Å². The summed E-state index contributed by atoms with van der Waals surface area (Å²) in [6.07, 6.45) is -4.09. The lowest BCUT2D eigenvalue weighted by Gasteiger charge is -2.28. The van der Waals surface area contributed by atoms with E-state index in [4.69, 9.17) is 4.74 Å². The zero-order chi connectivity index (χ0) is 27.1. The molecule has 11 heteroatoms. The summed E-state index contributed by atoms with van der Waals surface area (Å²) < 4.78 is 60.9. The number of hydrogen-bond acceptors (Lipinski definition) is 5. The Kier molecular flexibility index (Phi) is 6.05. The third-order valence-electron chi connectivity index (χ3n) is 6.62. The van der Waals surface area contributed by atoms with Crippen molar-refractivity contribution in [1.29, 1.82) is 0 Å². The Morgan fingerprint density at radius 3 is 2.51 bits per heavy atom. The highest BCUT2D eigenvalue weighted by atomic mass is 19.4. The highest BCUT2D eigenvalue weighted by Crippen LogP contribution is 2.32. The largest absolute Gasteiger partial charge is 0.459 e. The summed E-state index contributed by atoms with van der Waals surface area (Å²) in [5.41, 5.74) is 1.34. The van der Waals surface area contributed by atoms with Crippen molar-refractivity contribution in [2.75, 3.05) is 11.4 Å². The number of imidazole rings is 1. The van der Waals surface area contributed by atoms with Gasteiger partial charge >= 0.3 is 12.2 Å². The summed E-state index contributed by atoms with van der Waals surface area (Å²) in [7, 11) is 0. The molecule has 1 aliphatic heterocycles. The fourth-order valence-corrected chi connectivity index (χ4v) is 4.62. The second kappa shape index (κ2) is 9.57. The Labute approximate surface area is 219 Å². The summed E-state index contributed by atoms with van der Waals surface area (Å²) in [6.45, 7) is 0.455. The number of fused-ring (bicyclic) bond motifs is 2. The second-order valence-corrected chi connectivity index (χ2v) is 9.14. The van der Waals surface area contributed by atoms with Crippen LogP contribution in [0.3, 0.4) is 0 Å². The maximum atomic E-state index is 14.2. The molecular weight excluding hydrogens is 514 g/mol. The average molecular weight is 536 g/mol. The van der Waals surface area contributed by atoms with Gasteiger partial charge in [0.25, 0.3) is 5.56 Å². The Morgan fingerprint density at radius 2 is 1.74 bits per heavy atom. The zero-order valence-corrected chi connectivity index (χ0v) is 20.4. The smallest absolute Gasteiger partial charge is 0.416 e. The Balaban J connectivity index is 1.36. The molecule has 0 saturated carbocycles. The Bertz CT molecular complexity index is 1730. The Hall–Kier alpha value is -4.67. The molecule has 0 unspecified atom stereocenters. The molecule has 0 fully saturated rings. The number of para-hydroxylation sites is 1. The Morgan fingerprint density at radius 1 is 0.974 bits per heavy atom. The van der Waals surface area contributed by atoms with Gasteiger partial charge < -0.3 is 14.6 Å². The van der Waals surface area contributed by atoms with Crippen LogP contribution in [0.2, 0.25) is 0 Å². The molecule has 0 aliphatic carbocycles. The van der Waals surface area contributed by atoms with Crippen LogP contribution in [0.1, 0.15) is 22.4 Å². The van der Waals surface area contributed by atoms with Gasteiger partial charge in [-0.05, 0) is 36.4 Å². The fraction of sp³-hybridized carbons (Fsp3) is 0.179. The number of hydrogen-bond donors (Lipinski definition) is 1. The molecule has 1 N–H and O–H groups in total. The molecular formula is C28H21F4N5O2. The number of halogens is 4. The van der Waals surface area contributed by atoms with E-state index >= 15 is 0 Å². The standard InChI is InChI=1S/C28H21F4N5O2/c29-21-9-5-4-6-17(21)16-39-27-35-22-12-13-36(15-20(22)25(38)37(27)19-7-2-1-3-8-19)26-33-23-11-10-18(28(30,31)32)14-24(23)34-26/h1-11,14H,12-13,15-16H2,(H,33,34). The first-order valence-electron chi connectivity index (χ1n) is 12.2. The minimum Gasteiger partial charge on any atom is -0.459 e. The highest BCUT2D eigenvalue weighted by molar-refractivity contribution is 5.78. The van der Waals surface area contributed by atoms with Crippen LogP contribution >= 0.6 is 0 Å². The average Bonchev–Trinajstić information content (AvgIpc) is 3.36. The minimum absolute atomic E-state index is 0.0464. The lowest BCUT2D eigenvalue weighted by molar-refractivity contribution is -0.137. The van der Waals surface area contributed by atoms with Crippen molar-refractivity contribution in [2.24, 2.45) is 0 Å². The van der Waals surface area contributed by atoms with E-state index in [2.05, 4.69) is 15.0 Å². The van der Waals surface area contributed by atoms with Crippen molar-refractivity contribution in [1.82, 2.24) is 19.5 Å². The molecule has 0 atom stereocenters. The molecule has 3 aromatic carbocycles. The van der Waals surface area contributed by atoms with Crippen LogP contribution in [0, 0.1) is 5.82 Å². The fourth-order valence-electron chi connectivity index (χ4n) is 4.62. The van der Waals surface area contributed by atoms with Crippen molar-refractivity contribution >= 4 is 17.0 Å². The molecule has 0 radical (unpaired) electrons. The van der Waals surface area contributed by atoms with Gasteiger partial charge in [-0.1, -0.05) is 36.4 Å². The van der Waals surface area contributed by atoms with Gasteiger partial charge in [-0.15, -0.1) is 0 Å². The molecule has 0 spiro atoms. The number of ether oxygens (including phenoxy) is 1. The van der Waals surface area contributed by atoms with Gasteiger partial charge in [-0.3, -0.25) is 4.79 Å². The van der Waals surface area contributed by atoms with E-state index in [1.54, 1.807) is 47.4 Å². The number of alkyl halides is 3. The monoisotopic (exact) mass is 535 g/mol. The van der Waals surface area contributed by atoms with Gasteiger partial charge in [0.05, 0.1) is 40.1 Å². The second-order valence-electron chi connectivity index (χ2n) is 9.14. The lowest BCUT2D eigenvalue weighted by Crippen LogP contribution is -2.38. The lowest BCUT2D eigenvalue weighted by atomic mass is 10.1. The quantitative estimate of drug-likeness (QED) is 0.305. The number of aromatic amines is 1. The molecule has 6 rings (SSSR count). The van der Waals surface area contributed by atoms with E-state index in [1.807, 2.05) is 6.07 Å². The number of nitrogens with one attached hydrogen (secondary N) is 1. The molecule has 39 heavy (non-hydrogen) atoms. The van der Waals surface area contributed by atoms with Crippen LogP contribution in [0.15, 0.2) is 77.6 Å². The predicted octanol–water partition coefficient (Wildman–Crippen LogP) is 5.41. The van der Waals surface area contributed by atoms with Crippen LogP contribution < -0.4 is 15.2 Å². The van der Waals surface area contributed by atoms with Crippen LogP contribution in [0.5, 0.6) is 6.01 Å². The van der Waals surface area contributed by atoms with Gasteiger partial charge in [-0.25, -0.2) is 18.9 Å². The molecule has 0 saturated heterocycles. The van der Waals surface area contributed by atoms with E-state index in [9.17, 15) is 22.4 Å². The summed E-state index contributed by atoms with van der Waals surface area (Å²) in [4.78, 5) is 27.6. The predicted molar refractivity (Wildman–Crippen MR) is 136 cm³/mol. The molecule has 0 amide bonds. The molecule has 5 aromatic rings. The SMILES string of the molecule is O=c1c2c(nc(OCc3ccccc3F)n1-c1ccccc1)CCN(c1nc3ccc(C(F)(F)F)cc3[nH]1)C2. The number of anilines is 1. The van der Waals surface area contributed by atoms with Crippen molar-refractivity contribution in [3.05, 3.63) is 111 Å². The topological polar surface area (TPSA) is 76.0 Å². The number of benzene rings is 3. The maximum Gasteiger partial charge on any atom is 0.416 e. The van der Waals surface area contributed by atoms with Crippen LogP contribution in [-0.2, 0) is 25.7 Å². The third kappa shape index (κ3) is 4.71. The third-order valence-corrected chi connectivity index (χ3v) is 6.62. The molecule has 0 bridgehead atoms. The van der Waals surface area contributed by atoms with Gasteiger partial charge in [0, 0.05) is 18.5 Å². The van der Waals surface area contributed by atoms with E-state index in [-0.39, 0.29) is 30.2 Å². The van der Waals surface area contributed by atoms with Crippen molar-refractivity contribution in [2.45, 2.75) is 25.7 Å². The number of rotatable bonds is 5.